The van der Waals surface area contributed by atoms with Gasteiger partial charge in [-0.2, -0.15) is 0 Å². The lowest BCUT2D eigenvalue weighted by molar-refractivity contribution is 0.321. The van der Waals surface area contributed by atoms with Crippen LogP contribution < -0.4 is 5.32 Å². The van der Waals surface area contributed by atoms with Gasteiger partial charge < -0.3 is 5.11 Å². The van der Waals surface area contributed by atoms with Crippen molar-refractivity contribution in [3.63, 3.8) is 0 Å². The van der Waals surface area contributed by atoms with Crippen LogP contribution in [0, 0.1) is 0 Å². The van der Waals surface area contributed by atoms with Gasteiger partial charge in [-0.3, -0.25) is 5.32 Å². The van der Waals surface area contributed by atoms with Gasteiger partial charge in [0.05, 0.1) is 12.1 Å². The molecule has 2 N–H and O–H groups in total. The van der Waals surface area contributed by atoms with Gasteiger partial charge in [0.15, 0.2) is 0 Å². The van der Waals surface area contributed by atoms with Crippen LogP contribution in [0.1, 0.15) is 29.5 Å². The van der Waals surface area contributed by atoms with Gasteiger partial charge in [-0.25, -0.2) is 0 Å². The summed E-state index contributed by atoms with van der Waals surface area (Å²) >= 11 is 0. The number of aliphatic hydroxyl groups is 1. The van der Waals surface area contributed by atoms with Crippen molar-refractivity contribution in [3.05, 3.63) is 119 Å². The van der Waals surface area contributed by atoms with Gasteiger partial charge in [-0.1, -0.05) is 97.1 Å². The molecular formula is C25H25NO. The quantitative estimate of drug-likeness (QED) is 0.498. The minimum absolute atomic E-state index is 0.146. The lowest BCUT2D eigenvalue weighted by atomic mass is 9.76. The number of rotatable bonds is 6. The first-order valence-electron chi connectivity index (χ1n) is 9.56. The Morgan fingerprint density at radius 3 is 1.56 bits per heavy atom. The molecule has 0 saturated heterocycles. The Labute approximate surface area is 161 Å². The van der Waals surface area contributed by atoms with Crippen molar-refractivity contribution in [2.75, 3.05) is 6.61 Å². The standard InChI is InChI=1S/C25H25NO/c27-19-20-16-17-24(18-20)26-25(21-10-4-1-5-11-21,22-12-6-2-7-13-22)23-14-8-3-9-15-23/h1-16,24,26-27H,17-19H2. The fourth-order valence-corrected chi connectivity index (χ4v) is 4.15. The zero-order valence-corrected chi connectivity index (χ0v) is 15.4. The highest BCUT2D eigenvalue weighted by Gasteiger charge is 2.38. The molecule has 0 fully saturated rings. The van der Waals surface area contributed by atoms with Gasteiger partial charge in [0.1, 0.15) is 0 Å². The van der Waals surface area contributed by atoms with Crippen LogP contribution in [0.3, 0.4) is 0 Å². The van der Waals surface area contributed by atoms with Crippen molar-refractivity contribution < 1.29 is 5.11 Å². The Bertz CT molecular complexity index is 791. The van der Waals surface area contributed by atoms with Gasteiger partial charge >= 0.3 is 0 Å². The van der Waals surface area contributed by atoms with Crippen LogP contribution in [0.25, 0.3) is 0 Å². The monoisotopic (exact) mass is 355 g/mol. The van der Waals surface area contributed by atoms with E-state index in [9.17, 15) is 5.11 Å². The molecule has 136 valence electrons. The Kier molecular flexibility index (Phi) is 5.19. The normalized spacial score (nSPS) is 16.9. The van der Waals surface area contributed by atoms with E-state index < -0.39 is 5.54 Å². The van der Waals surface area contributed by atoms with E-state index >= 15 is 0 Å². The molecule has 0 bridgehead atoms. The molecule has 1 aliphatic rings. The van der Waals surface area contributed by atoms with E-state index in [0.29, 0.717) is 0 Å². The summed E-state index contributed by atoms with van der Waals surface area (Å²) < 4.78 is 0. The number of hydrogen-bond acceptors (Lipinski definition) is 2. The molecule has 0 aliphatic heterocycles. The van der Waals surface area contributed by atoms with E-state index in [0.717, 1.165) is 18.4 Å². The first-order chi connectivity index (χ1) is 13.3. The molecule has 0 aromatic heterocycles. The first kappa shape index (κ1) is 17.7. The van der Waals surface area contributed by atoms with Crippen LogP contribution in [-0.2, 0) is 5.54 Å². The molecular weight excluding hydrogens is 330 g/mol. The predicted octanol–water partition coefficient (Wildman–Crippen LogP) is 4.65. The van der Waals surface area contributed by atoms with Crippen LogP contribution in [0.4, 0.5) is 0 Å². The molecule has 3 aromatic carbocycles. The summed E-state index contributed by atoms with van der Waals surface area (Å²) in [4.78, 5) is 0. The zero-order chi connectivity index (χ0) is 18.5. The molecule has 1 atom stereocenters. The number of aliphatic hydroxyl groups excluding tert-OH is 1. The lowest BCUT2D eigenvalue weighted by Gasteiger charge is -2.39. The molecule has 0 spiro atoms. The van der Waals surface area contributed by atoms with Gasteiger partial charge in [-0.05, 0) is 35.1 Å². The molecule has 0 amide bonds. The van der Waals surface area contributed by atoms with Crippen LogP contribution in [-0.4, -0.2) is 17.8 Å². The highest BCUT2D eigenvalue weighted by molar-refractivity contribution is 5.49. The molecule has 27 heavy (non-hydrogen) atoms. The third-order valence-electron chi connectivity index (χ3n) is 5.44. The van der Waals surface area contributed by atoms with Gasteiger partial charge in [0, 0.05) is 6.04 Å². The fourth-order valence-electron chi connectivity index (χ4n) is 4.15. The van der Waals surface area contributed by atoms with Gasteiger partial charge in [0.2, 0.25) is 0 Å². The summed E-state index contributed by atoms with van der Waals surface area (Å²) in [5, 5.41) is 13.5. The Balaban J connectivity index is 1.87. The smallest absolute Gasteiger partial charge is 0.0950 e. The maximum Gasteiger partial charge on any atom is 0.0950 e. The summed E-state index contributed by atoms with van der Waals surface area (Å²) in [5.74, 6) is 0. The first-order valence-corrected chi connectivity index (χ1v) is 9.56. The van der Waals surface area contributed by atoms with Crippen LogP contribution >= 0.6 is 0 Å². The molecule has 0 heterocycles. The van der Waals surface area contributed by atoms with Crippen molar-refractivity contribution in [1.29, 1.82) is 0 Å². The highest BCUT2D eigenvalue weighted by atomic mass is 16.3. The van der Waals surface area contributed by atoms with Crippen LogP contribution in [0.2, 0.25) is 0 Å². The van der Waals surface area contributed by atoms with E-state index in [1.807, 2.05) is 0 Å². The van der Waals surface area contributed by atoms with E-state index in [2.05, 4.69) is 102 Å². The molecule has 4 rings (SSSR count). The second kappa shape index (κ2) is 7.91. The molecule has 2 nitrogen and oxygen atoms in total. The summed E-state index contributed by atoms with van der Waals surface area (Å²) in [5.41, 5.74) is 4.35. The molecule has 1 unspecified atom stereocenters. The van der Waals surface area contributed by atoms with Crippen molar-refractivity contribution in [2.24, 2.45) is 0 Å². The average Bonchev–Trinajstić information content (AvgIpc) is 3.21. The van der Waals surface area contributed by atoms with E-state index in [1.165, 1.54) is 16.7 Å². The third-order valence-corrected chi connectivity index (χ3v) is 5.44. The van der Waals surface area contributed by atoms with Crippen molar-refractivity contribution in [2.45, 2.75) is 24.4 Å². The Morgan fingerprint density at radius 2 is 1.19 bits per heavy atom. The summed E-state index contributed by atoms with van der Waals surface area (Å²) in [6, 6.07) is 32.3. The Hall–Kier alpha value is -2.68. The van der Waals surface area contributed by atoms with Crippen LogP contribution in [0.15, 0.2) is 103 Å². The number of nitrogens with one attached hydrogen (secondary N) is 1. The van der Waals surface area contributed by atoms with E-state index in [-0.39, 0.29) is 12.6 Å². The van der Waals surface area contributed by atoms with Crippen molar-refractivity contribution in [3.8, 4) is 0 Å². The summed E-state index contributed by atoms with van der Waals surface area (Å²) in [6.45, 7) is 0.146. The average molecular weight is 355 g/mol. The molecule has 0 saturated carbocycles. The third kappa shape index (κ3) is 3.46. The minimum Gasteiger partial charge on any atom is -0.392 e. The van der Waals surface area contributed by atoms with Gasteiger partial charge in [0.25, 0.3) is 0 Å². The van der Waals surface area contributed by atoms with Crippen molar-refractivity contribution >= 4 is 0 Å². The molecule has 0 radical (unpaired) electrons. The lowest BCUT2D eigenvalue weighted by Crippen LogP contribution is -2.49. The second-order valence-electron chi connectivity index (χ2n) is 7.15. The maximum absolute atomic E-state index is 9.54. The SMILES string of the molecule is OCC1=CCC(NC(c2ccccc2)(c2ccccc2)c2ccccc2)C1. The summed E-state index contributed by atoms with van der Waals surface area (Å²) in [6.07, 6.45) is 3.98. The summed E-state index contributed by atoms with van der Waals surface area (Å²) in [7, 11) is 0. The molecule has 3 aromatic rings. The predicted molar refractivity (Wildman–Crippen MR) is 111 cm³/mol. The van der Waals surface area contributed by atoms with E-state index in [4.69, 9.17) is 0 Å². The van der Waals surface area contributed by atoms with Crippen LogP contribution in [0.5, 0.6) is 0 Å². The zero-order valence-electron chi connectivity index (χ0n) is 15.4. The molecule has 2 heteroatoms. The number of benzene rings is 3. The van der Waals surface area contributed by atoms with E-state index in [1.54, 1.807) is 0 Å². The van der Waals surface area contributed by atoms with Crippen molar-refractivity contribution in [1.82, 2.24) is 5.32 Å². The fraction of sp³-hybridized carbons (Fsp3) is 0.200. The largest absolute Gasteiger partial charge is 0.392 e. The highest BCUT2D eigenvalue weighted by Crippen LogP contribution is 2.38. The Morgan fingerprint density at radius 1 is 0.741 bits per heavy atom. The maximum atomic E-state index is 9.54. The minimum atomic E-state index is -0.437. The van der Waals surface area contributed by atoms with Gasteiger partial charge in [-0.15, -0.1) is 0 Å². The molecule has 1 aliphatic carbocycles. The number of hydrogen-bond donors (Lipinski definition) is 2. The topological polar surface area (TPSA) is 32.3 Å². The second-order valence-corrected chi connectivity index (χ2v) is 7.15.